The number of benzene rings is 1. The zero-order valence-corrected chi connectivity index (χ0v) is 13.2. The Morgan fingerprint density at radius 3 is 2.78 bits per heavy atom. The summed E-state index contributed by atoms with van der Waals surface area (Å²) in [5.41, 5.74) is 1.68. The van der Waals surface area contributed by atoms with Crippen molar-refractivity contribution in [2.75, 3.05) is 6.54 Å². The summed E-state index contributed by atoms with van der Waals surface area (Å²) < 4.78 is 1.78. The van der Waals surface area contributed by atoms with Crippen molar-refractivity contribution in [2.45, 2.75) is 20.0 Å². The minimum atomic E-state index is -0.388. The molecule has 8 nitrogen and oxygen atoms in total. The standard InChI is InChI=1S/C15H20N6O2/c1-3-16-15(18-11-13-8-9-19-20(13)2)17-10-12-6-4-5-7-14(12)21(22)23/h4-9H,3,10-11H2,1-2H3,(H2,16,17,18). The molecule has 23 heavy (non-hydrogen) atoms. The minimum Gasteiger partial charge on any atom is -0.357 e. The van der Waals surface area contributed by atoms with E-state index in [4.69, 9.17) is 0 Å². The molecule has 2 aromatic rings. The Morgan fingerprint density at radius 1 is 1.35 bits per heavy atom. The first-order valence-corrected chi connectivity index (χ1v) is 7.33. The van der Waals surface area contributed by atoms with Crippen LogP contribution < -0.4 is 10.6 Å². The van der Waals surface area contributed by atoms with Crippen molar-refractivity contribution < 1.29 is 4.92 Å². The van der Waals surface area contributed by atoms with Gasteiger partial charge in [-0.2, -0.15) is 5.10 Å². The molecule has 0 unspecified atom stereocenters. The van der Waals surface area contributed by atoms with Crippen molar-refractivity contribution in [3.05, 3.63) is 57.9 Å². The summed E-state index contributed by atoms with van der Waals surface area (Å²) in [5.74, 6) is 0.604. The van der Waals surface area contributed by atoms with Gasteiger partial charge in [0.2, 0.25) is 0 Å². The Morgan fingerprint density at radius 2 is 2.13 bits per heavy atom. The number of nitrogens with one attached hydrogen (secondary N) is 2. The van der Waals surface area contributed by atoms with Gasteiger partial charge >= 0.3 is 0 Å². The maximum Gasteiger partial charge on any atom is 0.274 e. The van der Waals surface area contributed by atoms with E-state index in [0.717, 1.165) is 5.69 Å². The number of aromatic nitrogens is 2. The largest absolute Gasteiger partial charge is 0.357 e. The van der Waals surface area contributed by atoms with Gasteiger partial charge in [0, 0.05) is 25.9 Å². The zero-order valence-electron chi connectivity index (χ0n) is 13.2. The first kappa shape index (κ1) is 16.5. The van der Waals surface area contributed by atoms with Crippen LogP contribution in [0.3, 0.4) is 0 Å². The van der Waals surface area contributed by atoms with Crippen molar-refractivity contribution in [3.63, 3.8) is 0 Å². The van der Waals surface area contributed by atoms with Crippen molar-refractivity contribution in [2.24, 2.45) is 12.0 Å². The average Bonchev–Trinajstić information content (AvgIpc) is 2.95. The number of para-hydroxylation sites is 1. The maximum atomic E-state index is 11.0. The third-order valence-corrected chi connectivity index (χ3v) is 3.30. The van der Waals surface area contributed by atoms with Gasteiger partial charge in [0.25, 0.3) is 5.69 Å². The second kappa shape index (κ2) is 7.92. The molecule has 0 aliphatic rings. The molecule has 0 bridgehead atoms. The summed E-state index contributed by atoms with van der Waals surface area (Å²) in [6.45, 7) is 3.47. The number of nitro groups is 1. The van der Waals surface area contributed by atoms with Gasteiger partial charge in [-0.25, -0.2) is 4.99 Å². The molecule has 1 heterocycles. The number of nitro benzene ring substituents is 1. The van der Waals surface area contributed by atoms with Crippen LogP contribution >= 0.6 is 0 Å². The topological polar surface area (TPSA) is 97.4 Å². The number of nitrogens with zero attached hydrogens (tertiary/aromatic N) is 4. The van der Waals surface area contributed by atoms with Gasteiger partial charge in [-0.1, -0.05) is 18.2 Å². The first-order chi connectivity index (χ1) is 11.1. The van der Waals surface area contributed by atoms with Gasteiger partial charge in [-0.15, -0.1) is 0 Å². The molecule has 0 aliphatic heterocycles. The second-order valence-corrected chi connectivity index (χ2v) is 4.88. The van der Waals surface area contributed by atoms with E-state index < -0.39 is 0 Å². The van der Waals surface area contributed by atoms with Gasteiger partial charge in [-0.3, -0.25) is 14.8 Å². The molecule has 2 N–H and O–H groups in total. The van der Waals surface area contributed by atoms with Crippen LogP contribution in [0.4, 0.5) is 5.69 Å². The van der Waals surface area contributed by atoms with Gasteiger partial charge in [0.05, 0.1) is 29.3 Å². The van der Waals surface area contributed by atoms with Crippen LogP contribution in [0.1, 0.15) is 18.2 Å². The van der Waals surface area contributed by atoms with Crippen LogP contribution in [0.5, 0.6) is 0 Å². The lowest BCUT2D eigenvalue weighted by molar-refractivity contribution is -0.385. The highest BCUT2D eigenvalue weighted by atomic mass is 16.6. The number of aryl methyl sites for hydroxylation is 1. The van der Waals surface area contributed by atoms with Crippen LogP contribution in [-0.4, -0.2) is 27.2 Å². The molecule has 0 saturated carbocycles. The van der Waals surface area contributed by atoms with Gasteiger partial charge in [0.1, 0.15) is 0 Å². The fraction of sp³-hybridized carbons (Fsp3) is 0.333. The summed E-state index contributed by atoms with van der Waals surface area (Å²) in [5, 5.41) is 21.4. The van der Waals surface area contributed by atoms with Crippen LogP contribution in [-0.2, 0) is 20.1 Å². The summed E-state index contributed by atoms with van der Waals surface area (Å²) in [4.78, 5) is 15.1. The molecule has 0 aliphatic carbocycles. The van der Waals surface area contributed by atoms with Crippen LogP contribution in [0, 0.1) is 10.1 Å². The first-order valence-electron chi connectivity index (χ1n) is 7.33. The van der Waals surface area contributed by atoms with Crippen LogP contribution in [0.15, 0.2) is 41.5 Å². The zero-order chi connectivity index (χ0) is 16.7. The normalized spacial score (nSPS) is 11.3. The average molecular weight is 316 g/mol. The molecular weight excluding hydrogens is 296 g/mol. The van der Waals surface area contributed by atoms with Gasteiger partial charge < -0.3 is 10.6 Å². The minimum absolute atomic E-state index is 0.0822. The number of aliphatic imine (C=N–C) groups is 1. The molecule has 0 amide bonds. The highest BCUT2D eigenvalue weighted by Crippen LogP contribution is 2.18. The molecule has 0 atom stereocenters. The number of guanidine groups is 1. The van der Waals surface area contributed by atoms with Crippen molar-refractivity contribution in [1.82, 2.24) is 20.4 Å². The Kier molecular flexibility index (Phi) is 5.67. The second-order valence-electron chi connectivity index (χ2n) is 4.88. The lowest BCUT2D eigenvalue weighted by atomic mass is 10.2. The van der Waals surface area contributed by atoms with Crippen molar-refractivity contribution >= 4 is 11.6 Å². The van der Waals surface area contributed by atoms with E-state index in [1.54, 1.807) is 29.1 Å². The van der Waals surface area contributed by atoms with E-state index >= 15 is 0 Å². The summed E-state index contributed by atoms with van der Waals surface area (Å²) in [6.07, 6.45) is 1.73. The fourth-order valence-corrected chi connectivity index (χ4v) is 2.08. The quantitative estimate of drug-likeness (QED) is 0.365. The maximum absolute atomic E-state index is 11.0. The Labute approximate surface area is 134 Å². The molecule has 1 aromatic carbocycles. The molecule has 1 aromatic heterocycles. The molecule has 0 radical (unpaired) electrons. The van der Waals surface area contributed by atoms with Crippen LogP contribution in [0.25, 0.3) is 0 Å². The van der Waals surface area contributed by atoms with E-state index in [2.05, 4.69) is 20.7 Å². The Bertz CT molecular complexity index is 695. The van der Waals surface area contributed by atoms with Crippen molar-refractivity contribution in [3.8, 4) is 0 Å². The van der Waals surface area contributed by atoms with E-state index in [1.807, 2.05) is 20.0 Å². The number of rotatable bonds is 6. The summed E-state index contributed by atoms with van der Waals surface area (Å²) in [7, 11) is 1.87. The molecule has 8 heteroatoms. The van der Waals surface area contributed by atoms with Crippen molar-refractivity contribution in [1.29, 1.82) is 0 Å². The van der Waals surface area contributed by atoms with E-state index in [1.165, 1.54) is 6.07 Å². The number of hydrogen-bond donors (Lipinski definition) is 2. The molecule has 2 rings (SSSR count). The van der Waals surface area contributed by atoms with E-state index in [0.29, 0.717) is 24.6 Å². The fourth-order valence-electron chi connectivity index (χ4n) is 2.08. The number of hydrogen-bond acceptors (Lipinski definition) is 4. The molecule has 122 valence electrons. The summed E-state index contributed by atoms with van der Waals surface area (Å²) in [6, 6.07) is 8.54. The van der Waals surface area contributed by atoms with E-state index in [-0.39, 0.29) is 17.2 Å². The smallest absolute Gasteiger partial charge is 0.274 e. The third kappa shape index (κ3) is 4.53. The lowest BCUT2D eigenvalue weighted by Crippen LogP contribution is -2.37. The molecular formula is C15H20N6O2. The Balaban J connectivity index is 2.07. The lowest BCUT2D eigenvalue weighted by Gasteiger charge is -2.11. The molecule has 0 fully saturated rings. The predicted octanol–water partition coefficient (Wildman–Crippen LogP) is 1.58. The monoisotopic (exact) mass is 316 g/mol. The third-order valence-electron chi connectivity index (χ3n) is 3.30. The SMILES string of the molecule is CCNC(=NCc1ccccc1[N+](=O)[O-])NCc1ccnn1C. The molecule has 0 spiro atoms. The summed E-state index contributed by atoms with van der Waals surface area (Å²) >= 11 is 0. The van der Waals surface area contributed by atoms with Crippen LogP contribution in [0.2, 0.25) is 0 Å². The van der Waals surface area contributed by atoms with E-state index in [9.17, 15) is 10.1 Å². The highest BCUT2D eigenvalue weighted by molar-refractivity contribution is 5.79. The molecule has 0 saturated heterocycles. The van der Waals surface area contributed by atoms with Gasteiger partial charge in [-0.05, 0) is 13.0 Å². The Hall–Kier alpha value is -2.90. The highest BCUT2D eigenvalue weighted by Gasteiger charge is 2.11. The van der Waals surface area contributed by atoms with Gasteiger partial charge in [0.15, 0.2) is 5.96 Å². The predicted molar refractivity (Wildman–Crippen MR) is 88.0 cm³/mol.